The van der Waals surface area contributed by atoms with Gasteiger partial charge >= 0.3 is 0 Å². The molecule has 0 saturated carbocycles. The average Bonchev–Trinajstić information content (AvgIpc) is 3.24. The third kappa shape index (κ3) is 3.16. The van der Waals surface area contributed by atoms with Crippen LogP contribution in [0.3, 0.4) is 0 Å². The topological polar surface area (TPSA) is 118 Å². The smallest absolute Gasteiger partial charge is 0.269 e. The van der Waals surface area contributed by atoms with Crippen LogP contribution in [0.2, 0.25) is 0 Å². The van der Waals surface area contributed by atoms with Crippen molar-refractivity contribution >= 4 is 23.3 Å². The number of carbonyl (C=O) groups is 2. The van der Waals surface area contributed by atoms with E-state index in [4.69, 9.17) is 5.73 Å². The summed E-state index contributed by atoms with van der Waals surface area (Å²) in [6.45, 7) is 2.71. The number of nitrogens with two attached hydrogens (primary N) is 1. The van der Waals surface area contributed by atoms with Gasteiger partial charge in [0.1, 0.15) is 10.6 Å². The second-order valence-corrected chi connectivity index (χ2v) is 6.64. The van der Waals surface area contributed by atoms with E-state index < -0.39 is 5.91 Å². The van der Waals surface area contributed by atoms with Gasteiger partial charge in [0.2, 0.25) is 0 Å². The standard InChI is InChI=1S/C15H20N6O2S/c1-2-5-9-13(24-20-19-9)15(23)21-7-4-3-6-12(21)10-8-11(14(16)22)18-17-10/h8,12H,2-7H2,1H3,(H2,16,22)(H,17,18). The molecule has 24 heavy (non-hydrogen) atoms. The fourth-order valence-electron chi connectivity index (χ4n) is 3.03. The number of amides is 2. The first-order chi connectivity index (χ1) is 11.6. The van der Waals surface area contributed by atoms with Crippen molar-refractivity contribution in [2.45, 2.75) is 45.1 Å². The highest BCUT2D eigenvalue weighted by Crippen LogP contribution is 2.32. The molecule has 2 aromatic heterocycles. The number of aryl methyl sites for hydroxylation is 1. The Labute approximate surface area is 143 Å². The number of nitrogens with zero attached hydrogens (tertiary/aromatic N) is 4. The molecular weight excluding hydrogens is 328 g/mol. The molecule has 8 nitrogen and oxygen atoms in total. The summed E-state index contributed by atoms with van der Waals surface area (Å²) in [6, 6.07) is 1.50. The highest BCUT2D eigenvalue weighted by molar-refractivity contribution is 7.08. The van der Waals surface area contributed by atoms with Crippen LogP contribution >= 0.6 is 11.5 Å². The van der Waals surface area contributed by atoms with Gasteiger partial charge in [0, 0.05) is 6.54 Å². The summed E-state index contributed by atoms with van der Waals surface area (Å²) in [5.41, 5.74) is 6.96. The molecule has 0 spiro atoms. The van der Waals surface area contributed by atoms with Gasteiger partial charge in [0.15, 0.2) is 0 Å². The van der Waals surface area contributed by atoms with Crippen molar-refractivity contribution in [2.24, 2.45) is 5.73 Å². The van der Waals surface area contributed by atoms with E-state index >= 15 is 0 Å². The molecule has 0 aromatic carbocycles. The zero-order valence-electron chi connectivity index (χ0n) is 13.5. The van der Waals surface area contributed by atoms with Crippen molar-refractivity contribution in [3.8, 4) is 0 Å². The van der Waals surface area contributed by atoms with Crippen LogP contribution in [0.25, 0.3) is 0 Å². The molecule has 1 saturated heterocycles. The number of piperidine rings is 1. The van der Waals surface area contributed by atoms with Crippen LogP contribution in [0, 0.1) is 0 Å². The number of likely N-dealkylation sites (tertiary alicyclic amines) is 1. The Morgan fingerprint density at radius 2 is 2.29 bits per heavy atom. The minimum atomic E-state index is -0.580. The van der Waals surface area contributed by atoms with E-state index in [1.165, 1.54) is 0 Å². The Morgan fingerprint density at radius 1 is 1.46 bits per heavy atom. The summed E-state index contributed by atoms with van der Waals surface area (Å²) in [4.78, 5) is 26.7. The highest BCUT2D eigenvalue weighted by atomic mass is 32.1. The van der Waals surface area contributed by atoms with Crippen LogP contribution in [0.5, 0.6) is 0 Å². The van der Waals surface area contributed by atoms with Crippen LogP contribution < -0.4 is 5.73 Å². The number of carbonyl (C=O) groups excluding carboxylic acids is 2. The Balaban J connectivity index is 1.87. The van der Waals surface area contributed by atoms with E-state index in [1.54, 1.807) is 6.07 Å². The number of H-pyrrole nitrogens is 1. The molecule has 128 valence electrons. The van der Waals surface area contributed by atoms with Crippen molar-refractivity contribution in [3.05, 3.63) is 28.0 Å². The van der Waals surface area contributed by atoms with Gasteiger partial charge < -0.3 is 10.6 Å². The van der Waals surface area contributed by atoms with Crippen LogP contribution in [0.4, 0.5) is 0 Å². The fraction of sp³-hybridized carbons (Fsp3) is 0.533. The van der Waals surface area contributed by atoms with Gasteiger partial charge in [-0.1, -0.05) is 17.8 Å². The summed E-state index contributed by atoms with van der Waals surface area (Å²) in [6.07, 6.45) is 4.45. The number of primary amides is 1. The second-order valence-electron chi connectivity index (χ2n) is 5.88. The minimum absolute atomic E-state index is 0.0478. The summed E-state index contributed by atoms with van der Waals surface area (Å²) >= 11 is 1.15. The zero-order valence-corrected chi connectivity index (χ0v) is 14.3. The summed E-state index contributed by atoms with van der Waals surface area (Å²) < 4.78 is 3.94. The Morgan fingerprint density at radius 3 is 3.00 bits per heavy atom. The Kier molecular flexibility index (Phi) is 4.89. The third-order valence-electron chi connectivity index (χ3n) is 4.21. The minimum Gasteiger partial charge on any atom is -0.364 e. The van der Waals surface area contributed by atoms with Crippen LogP contribution in [0.1, 0.15) is 70.2 Å². The van der Waals surface area contributed by atoms with Crippen molar-refractivity contribution in [1.82, 2.24) is 24.7 Å². The molecule has 0 bridgehead atoms. The molecule has 1 aliphatic heterocycles. The summed E-state index contributed by atoms with van der Waals surface area (Å²) in [7, 11) is 0. The van der Waals surface area contributed by atoms with E-state index in [9.17, 15) is 9.59 Å². The maximum atomic E-state index is 13.0. The Bertz CT molecular complexity index is 740. The van der Waals surface area contributed by atoms with Gasteiger partial charge in [0.25, 0.3) is 11.8 Å². The van der Waals surface area contributed by atoms with E-state index in [2.05, 4.69) is 19.8 Å². The molecule has 3 rings (SSSR count). The average molecular weight is 348 g/mol. The molecule has 9 heteroatoms. The molecule has 1 fully saturated rings. The maximum absolute atomic E-state index is 13.0. The molecule has 0 radical (unpaired) electrons. The monoisotopic (exact) mass is 348 g/mol. The maximum Gasteiger partial charge on any atom is 0.269 e. The molecule has 1 unspecified atom stereocenters. The highest BCUT2D eigenvalue weighted by Gasteiger charge is 2.32. The fourth-order valence-corrected chi connectivity index (χ4v) is 3.70. The van der Waals surface area contributed by atoms with E-state index in [0.29, 0.717) is 11.4 Å². The van der Waals surface area contributed by atoms with Crippen LogP contribution in [-0.2, 0) is 6.42 Å². The third-order valence-corrected chi connectivity index (χ3v) is 4.97. The lowest BCUT2D eigenvalue weighted by atomic mass is 9.98. The molecule has 0 aliphatic carbocycles. The predicted octanol–water partition coefficient (Wildman–Crippen LogP) is 1.68. The number of nitrogens with one attached hydrogen (secondary N) is 1. The molecule has 3 heterocycles. The summed E-state index contributed by atoms with van der Waals surface area (Å²) in [5.74, 6) is -0.628. The second kappa shape index (κ2) is 7.08. The number of rotatable bonds is 5. The van der Waals surface area contributed by atoms with Gasteiger partial charge in [-0.25, -0.2) is 0 Å². The first-order valence-corrected chi connectivity index (χ1v) is 8.86. The van der Waals surface area contributed by atoms with E-state index in [0.717, 1.165) is 55.0 Å². The molecule has 2 aromatic rings. The van der Waals surface area contributed by atoms with Crippen LogP contribution in [0.15, 0.2) is 6.07 Å². The number of hydrogen-bond donors (Lipinski definition) is 2. The normalized spacial score (nSPS) is 17.9. The van der Waals surface area contributed by atoms with Gasteiger partial charge in [-0.3, -0.25) is 14.7 Å². The quantitative estimate of drug-likeness (QED) is 0.852. The first-order valence-electron chi connectivity index (χ1n) is 8.09. The predicted molar refractivity (Wildman–Crippen MR) is 88.6 cm³/mol. The Hall–Kier alpha value is -2.29. The zero-order chi connectivity index (χ0) is 17.1. The van der Waals surface area contributed by atoms with Crippen molar-refractivity contribution < 1.29 is 9.59 Å². The largest absolute Gasteiger partial charge is 0.364 e. The number of hydrogen-bond acceptors (Lipinski definition) is 6. The molecule has 1 aliphatic rings. The van der Waals surface area contributed by atoms with E-state index in [1.807, 2.05) is 11.8 Å². The first kappa shape index (κ1) is 16.6. The van der Waals surface area contributed by atoms with Crippen molar-refractivity contribution in [3.63, 3.8) is 0 Å². The lowest BCUT2D eigenvalue weighted by molar-refractivity contribution is 0.0609. The van der Waals surface area contributed by atoms with Crippen molar-refractivity contribution in [2.75, 3.05) is 6.54 Å². The van der Waals surface area contributed by atoms with Gasteiger partial charge in [0.05, 0.1) is 17.4 Å². The molecule has 1 atom stereocenters. The van der Waals surface area contributed by atoms with Crippen LogP contribution in [-0.4, -0.2) is 43.0 Å². The van der Waals surface area contributed by atoms with Gasteiger partial charge in [-0.2, -0.15) is 5.10 Å². The van der Waals surface area contributed by atoms with E-state index in [-0.39, 0.29) is 17.6 Å². The SMILES string of the molecule is CCCc1nnsc1C(=O)N1CCCCC1c1cc(C(N)=O)n[nH]1. The lowest BCUT2D eigenvalue weighted by Crippen LogP contribution is -2.38. The lowest BCUT2D eigenvalue weighted by Gasteiger charge is -2.34. The number of aromatic nitrogens is 4. The molecule has 3 N–H and O–H groups in total. The summed E-state index contributed by atoms with van der Waals surface area (Å²) in [5, 5.41) is 10.9. The molecular formula is C15H20N6O2S. The molecule has 2 amide bonds. The van der Waals surface area contributed by atoms with Gasteiger partial charge in [-0.05, 0) is 43.3 Å². The number of aromatic amines is 1. The van der Waals surface area contributed by atoms with Crippen molar-refractivity contribution in [1.29, 1.82) is 0 Å². The van der Waals surface area contributed by atoms with Gasteiger partial charge in [-0.15, -0.1) is 5.10 Å².